The molecule has 1 heterocycles. The van der Waals surface area contributed by atoms with Crippen molar-refractivity contribution in [1.29, 1.82) is 0 Å². The molecular weight excluding hydrogens is 302 g/mol. The summed E-state index contributed by atoms with van der Waals surface area (Å²) in [6.45, 7) is 4.17. The lowest BCUT2D eigenvalue weighted by atomic mass is 9.79. The van der Waals surface area contributed by atoms with Crippen molar-refractivity contribution < 1.29 is 4.79 Å². The smallest absolute Gasteiger partial charge is 0.225 e. The fourth-order valence-electron chi connectivity index (χ4n) is 3.57. The highest BCUT2D eigenvalue weighted by atomic mass is 79.9. The first-order valence-electron chi connectivity index (χ1n) is 8.13. The van der Waals surface area contributed by atoms with E-state index in [9.17, 15) is 4.79 Å². The molecule has 0 spiro atoms. The van der Waals surface area contributed by atoms with Gasteiger partial charge in [0.15, 0.2) is 0 Å². The summed E-state index contributed by atoms with van der Waals surface area (Å²) < 4.78 is 0. The maximum Gasteiger partial charge on any atom is 0.225 e. The first-order chi connectivity index (χ1) is 9.20. The lowest BCUT2D eigenvalue weighted by Crippen LogP contribution is -2.44. The molecule has 1 unspecified atom stereocenters. The van der Waals surface area contributed by atoms with Gasteiger partial charge in [0.2, 0.25) is 5.91 Å². The minimum Gasteiger partial charge on any atom is -0.341 e. The normalized spacial score (nSPS) is 32.3. The average Bonchev–Trinajstić information content (AvgIpc) is 2.45. The van der Waals surface area contributed by atoms with Gasteiger partial charge in [-0.3, -0.25) is 4.79 Å². The van der Waals surface area contributed by atoms with Gasteiger partial charge in [0.05, 0.1) is 0 Å². The van der Waals surface area contributed by atoms with Crippen LogP contribution in [0, 0.1) is 11.8 Å². The van der Waals surface area contributed by atoms with Crippen molar-refractivity contribution in [3.05, 3.63) is 0 Å². The summed E-state index contributed by atoms with van der Waals surface area (Å²) in [5.74, 6) is 1.67. The Morgan fingerprint density at radius 2 is 1.95 bits per heavy atom. The van der Waals surface area contributed by atoms with E-state index in [1.54, 1.807) is 0 Å². The minimum atomic E-state index is 0.329. The molecule has 2 rings (SSSR count). The van der Waals surface area contributed by atoms with E-state index >= 15 is 0 Å². The van der Waals surface area contributed by atoms with Crippen LogP contribution in [0.25, 0.3) is 0 Å². The van der Waals surface area contributed by atoms with Gasteiger partial charge >= 0.3 is 0 Å². The van der Waals surface area contributed by atoms with Crippen molar-refractivity contribution >= 4 is 21.8 Å². The topological polar surface area (TPSA) is 20.3 Å². The number of amides is 1. The van der Waals surface area contributed by atoms with Gasteiger partial charge in [-0.2, -0.15) is 0 Å². The van der Waals surface area contributed by atoms with Crippen molar-refractivity contribution in [3.8, 4) is 0 Å². The highest BCUT2D eigenvalue weighted by Gasteiger charge is 2.31. The molecule has 19 heavy (non-hydrogen) atoms. The molecule has 0 N–H and O–H groups in total. The molecule has 1 aliphatic heterocycles. The number of halogens is 1. The third-order valence-electron chi connectivity index (χ3n) is 4.84. The van der Waals surface area contributed by atoms with Crippen LogP contribution in [0.1, 0.15) is 64.7 Å². The summed E-state index contributed by atoms with van der Waals surface area (Å²) in [5, 5.41) is 0. The van der Waals surface area contributed by atoms with Crippen LogP contribution in [0.15, 0.2) is 0 Å². The fourth-order valence-corrected chi connectivity index (χ4v) is 4.25. The van der Waals surface area contributed by atoms with Gasteiger partial charge in [-0.1, -0.05) is 42.1 Å². The molecule has 2 nitrogen and oxygen atoms in total. The quantitative estimate of drug-likeness (QED) is 0.701. The van der Waals surface area contributed by atoms with Crippen LogP contribution in [-0.4, -0.2) is 28.7 Å². The molecule has 1 atom stereocenters. The van der Waals surface area contributed by atoms with Gasteiger partial charge in [-0.05, 0) is 44.4 Å². The monoisotopic (exact) mass is 329 g/mol. The molecule has 1 saturated heterocycles. The van der Waals surface area contributed by atoms with Gasteiger partial charge in [-0.15, -0.1) is 0 Å². The molecule has 0 bridgehead atoms. The molecule has 2 aliphatic rings. The lowest BCUT2D eigenvalue weighted by molar-refractivity contribution is -0.137. The van der Waals surface area contributed by atoms with Gasteiger partial charge in [0.1, 0.15) is 0 Å². The second kappa shape index (κ2) is 7.66. The predicted molar refractivity (Wildman–Crippen MR) is 83.5 cm³/mol. The molecule has 1 aliphatic carbocycles. The molecule has 1 saturated carbocycles. The number of unbranched alkanes of at least 4 members (excludes halogenated alkanes) is 1. The molecule has 3 heteroatoms. The van der Waals surface area contributed by atoms with Gasteiger partial charge < -0.3 is 4.90 Å². The van der Waals surface area contributed by atoms with Gasteiger partial charge in [0.25, 0.3) is 0 Å². The number of nitrogens with zero attached hydrogens (tertiary/aromatic N) is 1. The van der Waals surface area contributed by atoms with Crippen LogP contribution in [0.5, 0.6) is 0 Å². The van der Waals surface area contributed by atoms with E-state index in [4.69, 9.17) is 0 Å². The molecular formula is C16H28BrNO. The Morgan fingerprint density at radius 3 is 2.58 bits per heavy atom. The lowest BCUT2D eigenvalue weighted by Gasteiger charge is -2.35. The van der Waals surface area contributed by atoms with Crippen molar-refractivity contribution in [2.75, 3.05) is 13.1 Å². The summed E-state index contributed by atoms with van der Waals surface area (Å²) >= 11 is 3.67. The third-order valence-corrected chi connectivity index (χ3v) is 5.58. The average molecular weight is 330 g/mol. The number of carbonyl (C=O) groups is 1. The molecule has 2 fully saturated rings. The Balaban J connectivity index is 1.75. The number of hydrogen-bond donors (Lipinski definition) is 0. The Labute approximate surface area is 126 Å². The zero-order valence-corrected chi connectivity index (χ0v) is 13.8. The summed E-state index contributed by atoms with van der Waals surface area (Å²) in [6, 6.07) is 0. The van der Waals surface area contributed by atoms with Crippen LogP contribution < -0.4 is 0 Å². The first-order valence-corrected chi connectivity index (χ1v) is 9.05. The number of hydrogen-bond acceptors (Lipinski definition) is 1. The van der Waals surface area contributed by atoms with Crippen molar-refractivity contribution in [2.24, 2.45) is 11.8 Å². The number of rotatable bonds is 4. The van der Waals surface area contributed by atoms with Crippen LogP contribution in [0.3, 0.4) is 0 Å². The van der Waals surface area contributed by atoms with Gasteiger partial charge in [0, 0.05) is 23.8 Å². The molecule has 0 aromatic carbocycles. The molecule has 0 aromatic heterocycles. The van der Waals surface area contributed by atoms with Crippen molar-refractivity contribution in [3.63, 3.8) is 0 Å². The Kier molecular flexibility index (Phi) is 6.18. The van der Waals surface area contributed by atoms with Crippen LogP contribution in [-0.2, 0) is 4.79 Å². The highest BCUT2D eigenvalue weighted by molar-refractivity contribution is 9.09. The molecule has 0 aromatic rings. The largest absolute Gasteiger partial charge is 0.341 e. The second-order valence-electron chi connectivity index (χ2n) is 6.38. The van der Waals surface area contributed by atoms with Crippen molar-refractivity contribution in [2.45, 2.75) is 69.5 Å². The van der Waals surface area contributed by atoms with Crippen molar-refractivity contribution in [1.82, 2.24) is 4.90 Å². The van der Waals surface area contributed by atoms with Crippen LogP contribution in [0.2, 0.25) is 0 Å². The van der Waals surface area contributed by atoms with E-state index in [2.05, 4.69) is 27.8 Å². The number of carbonyl (C=O) groups excluding carboxylic acids is 1. The maximum atomic E-state index is 12.5. The zero-order chi connectivity index (χ0) is 13.7. The highest BCUT2D eigenvalue weighted by Crippen LogP contribution is 2.33. The summed E-state index contributed by atoms with van der Waals surface area (Å²) in [7, 11) is 0. The van der Waals surface area contributed by atoms with Crippen LogP contribution in [0.4, 0.5) is 0 Å². The van der Waals surface area contributed by atoms with E-state index in [0.29, 0.717) is 16.7 Å². The third kappa shape index (κ3) is 4.47. The minimum absolute atomic E-state index is 0.329. The molecule has 0 radical (unpaired) electrons. The maximum absolute atomic E-state index is 12.5. The number of likely N-dealkylation sites (tertiary alicyclic amines) is 1. The fraction of sp³-hybridized carbons (Fsp3) is 0.938. The summed E-state index contributed by atoms with van der Waals surface area (Å²) in [5.41, 5.74) is 0. The SMILES string of the molecule is CCCCC1CCC(C(=O)N2CCCC(Br)C2)CC1. The number of alkyl halides is 1. The van der Waals surface area contributed by atoms with Crippen LogP contribution >= 0.6 is 15.9 Å². The molecule has 1 amide bonds. The van der Waals surface area contributed by atoms with E-state index in [1.165, 1.54) is 38.5 Å². The Hall–Kier alpha value is -0.0500. The Bertz CT molecular complexity index is 286. The number of piperidine rings is 1. The zero-order valence-electron chi connectivity index (χ0n) is 12.2. The van der Waals surface area contributed by atoms with E-state index in [0.717, 1.165) is 38.3 Å². The van der Waals surface area contributed by atoms with Gasteiger partial charge in [-0.25, -0.2) is 0 Å². The predicted octanol–water partition coefficient (Wildman–Crippen LogP) is 4.37. The van der Waals surface area contributed by atoms with E-state index in [-0.39, 0.29) is 0 Å². The molecule has 110 valence electrons. The second-order valence-corrected chi connectivity index (χ2v) is 7.68. The van der Waals surface area contributed by atoms with E-state index < -0.39 is 0 Å². The van der Waals surface area contributed by atoms with E-state index in [1.807, 2.05) is 0 Å². The standard InChI is InChI=1S/C16H28BrNO/c1-2-3-5-13-7-9-14(10-8-13)16(19)18-11-4-6-15(17)12-18/h13-15H,2-12H2,1H3. The summed E-state index contributed by atoms with van der Waals surface area (Å²) in [4.78, 5) is 15.2. The Morgan fingerprint density at radius 1 is 1.21 bits per heavy atom. The first kappa shape index (κ1) is 15.3. The summed E-state index contributed by atoms with van der Waals surface area (Å²) in [6.07, 6.45) is 11.3.